The maximum Gasteiger partial charge on any atom is 0.191 e. The van der Waals surface area contributed by atoms with Crippen molar-refractivity contribution in [1.29, 1.82) is 0 Å². The minimum Gasteiger partial charge on any atom is -0.493 e. The first-order valence-corrected chi connectivity index (χ1v) is 9.61. The summed E-state index contributed by atoms with van der Waals surface area (Å²) in [5.74, 6) is 1.81. The van der Waals surface area contributed by atoms with Crippen molar-refractivity contribution in [3.8, 4) is 11.4 Å². The third-order valence-electron chi connectivity index (χ3n) is 4.79. The van der Waals surface area contributed by atoms with Crippen LogP contribution in [0, 0.1) is 0 Å². The lowest BCUT2D eigenvalue weighted by Crippen LogP contribution is -2.38. The van der Waals surface area contributed by atoms with Crippen LogP contribution in [0.4, 0.5) is 0 Å². The number of fused-ring (bicyclic) bond motifs is 1. The third-order valence-corrected chi connectivity index (χ3v) is 4.79. The molecule has 0 saturated heterocycles. The Morgan fingerprint density at radius 2 is 2.00 bits per heavy atom. The van der Waals surface area contributed by atoms with Gasteiger partial charge >= 0.3 is 0 Å². The van der Waals surface area contributed by atoms with Crippen molar-refractivity contribution in [3.63, 3.8) is 0 Å². The van der Waals surface area contributed by atoms with Gasteiger partial charge in [0.2, 0.25) is 0 Å². The normalized spacial score (nSPS) is 12.7. The highest BCUT2D eigenvalue weighted by atomic mass is 127. The number of aliphatic imine (C=N–C) groups is 1. The standard InChI is InChI=1S/C22H25N5O.HI/c1-23-22(24-12-9-17-7-8-21-18(15-17)11-14-28-21)25-16-19-10-13-27(26-19)20-5-3-2-4-6-20;/h2-8,10,13,15H,9,11-12,14,16H2,1H3,(H2,23,24,25);1H. The molecule has 2 heterocycles. The van der Waals surface area contributed by atoms with Gasteiger partial charge in [-0.1, -0.05) is 30.3 Å². The summed E-state index contributed by atoms with van der Waals surface area (Å²) in [6, 6.07) is 18.6. The summed E-state index contributed by atoms with van der Waals surface area (Å²) < 4.78 is 7.44. The highest BCUT2D eigenvalue weighted by molar-refractivity contribution is 14.0. The Morgan fingerprint density at radius 1 is 1.14 bits per heavy atom. The molecule has 0 saturated carbocycles. The number of nitrogens with one attached hydrogen (secondary N) is 2. The molecule has 29 heavy (non-hydrogen) atoms. The van der Waals surface area contributed by atoms with Crippen LogP contribution < -0.4 is 15.4 Å². The molecule has 0 radical (unpaired) electrons. The molecule has 0 spiro atoms. The lowest BCUT2D eigenvalue weighted by molar-refractivity contribution is 0.357. The first-order chi connectivity index (χ1) is 13.8. The number of hydrogen-bond acceptors (Lipinski definition) is 3. The second-order valence-electron chi connectivity index (χ2n) is 6.73. The monoisotopic (exact) mass is 503 g/mol. The van der Waals surface area contributed by atoms with Gasteiger partial charge in [-0.2, -0.15) is 5.10 Å². The highest BCUT2D eigenvalue weighted by Crippen LogP contribution is 2.25. The number of halogens is 1. The molecule has 1 aromatic heterocycles. The minimum atomic E-state index is 0. The van der Waals surface area contributed by atoms with Crippen molar-refractivity contribution in [2.45, 2.75) is 19.4 Å². The van der Waals surface area contributed by atoms with E-state index in [1.54, 1.807) is 7.05 Å². The molecule has 0 aliphatic carbocycles. The average Bonchev–Trinajstić information content (AvgIpc) is 3.40. The van der Waals surface area contributed by atoms with Crippen molar-refractivity contribution in [2.24, 2.45) is 4.99 Å². The molecule has 4 rings (SSSR count). The van der Waals surface area contributed by atoms with Gasteiger partial charge in [0, 0.05) is 26.2 Å². The Balaban J connectivity index is 0.00000240. The highest BCUT2D eigenvalue weighted by Gasteiger charge is 2.11. The van der Waals surface area contributed by atoms with Gasteiger partial charge < -0.3 is 15.4 Å². The van der Waals surface area contributed by atoms with Crippen LogP contribution in [-0.4, -0.2) is 35.9 Å². The fourth-order valence-electron chi connectivity index (χ4n) is 3.30. The molecule has 0 unspecified atom stereocenters. The smallest absolute Gasteiger partial charge is 0.191 e. The summed E-state index contributed by atoms with van der Waals surface area (Å²) in [5, 5.41) is 11.3. The van der Waals surface area contributed by atoms with Crippen LogP contribution in [0.1, 0.15) is 16.8 Å². The van der Waals surface area contributed by atoms with Crippen LogP contribution in [0.2, 0.25) is 0 Å². The van der Waals surface area contributed by atoms with Crippen LogP contribution in [0.3, 0.4) is 0 Å². The van der Waals surface area contributed by atoms with Gasteiger partial charge in [-0.05, 0) is 41.8 Å². The largest absolute Gasteiger partial charge is 0.493 e. The molecule has 6 nitrogen and oxygen atoms in total. The molecule has 1 aliphatic heterocycles. The van der Waals surface area contributed by atoms with E-state index < -0.39 is 0 Å². The summed E-state index contributed by atoms with van der Waals surface area (Å²) in [4.78, 5) is 4.30. The molecular formula is C22H26IN5O. The lowest BCUT2D eigenvalue weighted by atomic mass is 10.1. The Labute approximate surface area is 188 Å². The van der Waals surface area contributed by atoms with Crippen LogP contribution in [-0.2, 0) is 19.4 Å². The summed E-state index contributed by atoms with van der Waals surface area (Å²) in [6.45, 7) is 2.24. The zero-order chi connectivity index (χ0) is 19.2. The van der Waals surface area contributed by atoms with Gasteiger partial charge in [-0.25, -0.2) is 4.68 Å². The SMILES string of the molecule is CN=C(NCCc1ccc2c(c1)CCO2)NCc1ccn(-c2ccccc2)n1.I. The second kappa shape index (κ2) is 10.3. The maximum atomic E-state index is 5.57. The topological polar surface area (TPSA) is 63.5 Å². The van der Waals surface area contributed by atoms with Crippen molar-refractivity contribution in [3.05, 3.63) is 77.6 Å². The molecule has 0 amide bonds. The predicted molar refractivity (Wildman–Crippen MR) is 127 cm³/mol. The number of para-hydroxylation sites is 1. The number of rotatable bonds is 6. The second-order valence-corrected chi connectivity index (χ2v) is 6.73. The Kier molecular flexibility index (Phi) is 7.51. The Morgan fingerprint density at radius 3 is 2.83 bits per heavy atom. The van der Waals surface area contributed by atoms with E-state index in [-0.39, 0.29) is 24.0 Å². The van der Waals surface area contributed by atoms with Gasteiger partial charge in [0.25, 0.3) is 0 Å². The quantitative estimate of drug-likeness (QED) is 0.308. The average molecular weight is 503 g/mol. The zero-order valence-electron chi connectivity index (χ0n) is 16.5. The van der Waals surface area contributed by atoms with Crippen LogP contribution in [0.25, 0.3) is 5.69 Å². The molecule has 7 heteroatoms. The van der Waals surface area contributed by atoms with E-state index in [4.69, 9.17) is 4.74 Å². The molecule has 0 bridgehead atoms. The molecule has 2 aromatic carbocycles. The molecule has 0 fully saturated rings. The molecular weight excluding hydrogens is 477 g/mol. The molecule has 2 N–H and O–H groups in total. The molecule has 152 valence electrons. The number of nitrogens with zero attached hydrogens (tertiary/aromatic N) is 3. The summed E-state index contributed by atoms with van der Waals surface area (Å²) in [5.41, 5.74) is 4.64. The van der Waals surface area contributed by atoms with E-state index in [0.29, 0.717) is 6.54 Å². The number of guanidine groups is 1. The first-order valence-electron chi connectivity index (χ1n) is 9.61. The molecule has 1 aliphatic rings. The van der Waals surface area contributed by atoms with Crippen LogP contribution in [0.5, 0.6) is 5.75 Å². The van der Waals surface area contributed by atoms with Gasteiger partial charge in [0.1, 0.15) is 5.75 Å². The van der Waals surface area contributed by atoms with Crippen molar-refractivity contribution in [1.82, 2.24) is 20.4 Å². The van der Waals surface area contributed by atoms with Crippen LogP contribution >= 0.6 is 24.0 Å². The fraction of sp³-hybridized carbons (Fsp3) is 0.273. The minimum absolute atomic E-state index is 0. The van der Waals surface area contributed by atoms with E-state index >= 15 is 0 Å². The summed E-state index contributed by atoms with van der Waals surface area (Å²) in [6.07, 6.45) is 3.92. The van der Waals surface area contributed by atoms with E-state index in [1.165, 1.54) is 11.1 Å². The van der Waals surface area contributed by atoms with Gasteiger partial charge in [-0.3, -0.25) is 4.99 Å². The lowest BCUT2D eigenvalue weighted by Gasteiger charge is -2.11. The van der Waals surface area contributed by atoms with Crippen LogP contribution in [0.15, 0.2) is 65.8 Å². The zero-order valence-corrected chi connectivity index (χ0v) is 18.8. The van der Waals surface area contributed by atoms with E-state index in [1.807, 2.05) is 47.3 Å². The van der Waals surface area contributed by atoms with Crippen molar-refractivity contribution >= 4 is 29.9 Å². The maximum absolute atomic E-state index is 5.57. The van der Waals surface area contributed by atoms with Gasteiger partial charge in [0.05, 0.1) is 24.5 Å². The van der Waals surface area contributed by atoms with E-state index in [2.05, 4.69) is 38.9 Å². The van der Waals surface area contributed by atoms with Gasteiger partial charge in [-0.15, -0.1) is 24.0 Å². The van der Waals surface area contributed by atoms with Crippen molar-refractivity contribution in [2.75, 3.05) is 20.2 Å². The Hall–Kier alpha value is -2.55. The first kappa shape index (κ1) is 21.2. The number of ether oxygens (including phenoxy) is 1. The molecule has 3 aromatic rings. The number of hydrogen-bond donors (Lipinski definition) is 2. The predicted octanol–water partition coefficient (Wildman–Crippen LogP) is 3.33. The Bertz CT molecular complexity index is 955. The van der Waals surface area contributed by atoms with E-state index in [9.17, 15) is 0 Å². The van der Waals surface area contributed by atoms with Crippen molar-refractivity contribution < 1.29 is 4.74 Å². The summed E-state index contributed by atoms with van der Waals surface area (Å²) >= 11 is 0. The fourth-order valence-corrected chi connectivity index (χ4v) is 3.30. The summed E-state index contributed by atoms with van der Waals surface area (Å²) in [7, 11) is 1.78. The number of benzene rings is 2. The third kappa shape index (κ3) is 5.50. The van der Waals surface area contributed by atoms with E-state index in [0.717, 1.165) is 49.1 Å². The molecule has 0 atom stereocenters. The van der Waals surface area contributed by atoms with Gasteiger partial charge in [0.15, 0.2) is 5.96 Å². The number of aromatic nitrogens is 2.